The highest BCUT2D eigenvalue weighted by Crippen LogP contribution is 2.24. The van der Waals surface area contributed by atoms with Gasteiger partial charge in [0, 0.05) is 56.4 Å². The average molecular weight is 286 g/mol. The molecule has 0 spiro atoms. The van der Waals surface area contributed by atoms with Crippen LogP contribution in [0, 0.1) is 5.82 Å². The predicted molar refractivity (Wildman–Crippen MR) is 83.0 cm³/mol. The molecule has 0 bridgehead atoms. The van der Waals surface area contributed by atoms with Gasteiger partial charge in [-0.25, -0.2) is 4.39 Å². The van der Waals surface area contributed by atoms with Gasteiger partial charge in [-0.15, -0.1) is 0 Å². The monoisotopic (exact) mass is 286 g/mol. The Morgan fingerprint density at radius 2 is 1.67 bits per heavy atom. The van der Waals surface area contributed by atoms with Crippen LogP contribution in [0.2, 0.25) is 0 Å². The molecule has 1 aliphatic rings. The number of nitrogens with two attached hydrogens (primary N) is 1. The number of rotatable bonds is 3. The minimum atomic E-state index is -0.155. The molecular weight excluding hydrogens is 267 g/mol. The zero-order valence-electron chi connectivity index (χ0n) is 11.9. The number of aromatic nitrogens is 1. The van der Waals surface area contributed by atoms with Crippen molar-refractivity contribution in [2.75, 3.05) is 36.0 Å². The second-order valence-corrected chi connectivity index (χ2v) is 5.13. The van der Waals surface area contributed by atoms with Crippen molar-refractivity contribution >= 4 is 11.4 Å². The third kappa shape index (κ3) is 2.83. The van der Waals surface area contributed by atoms with Crippen molar-refractivity contribution < 1.29 is 4.39 Å². The van der Waals surface area contributed by atoms with Gasteiger partial charge in [-0.1, -0.05) is 12.1 Å². The number of benzene rings is 1. The number of hydrogen-bond donors (Lipinski definition) is 1. The van der Waals surface area contributed by atoms with Crippen molar-refractivity contribution in [1.82, 2.24) is 4.98 Å². The van der Waals surface area contributed by atoms with Gasteiger partial charge in [-0.05, 0) is 18.2 Å². The van der Waals surface area contributed by atoms with Gasteiger partial charge in [0.1, 0.15) is 5.82 Å². The third-order valence-electron chi connectivity index (χ3n) is 3.91. The summed E-state index contributed by atoms with van der Waals surface area (Å²) in [6.45, 7) is 3.79. The van der Waals surface area contributed by atoms with E-state index in [9.17, 15) is 4.39 Å². The lowest BCUT2D eigenvalue weighted by Gasteiger charge is -2.38. The fourth-order valence-electron chi connectivity index (χ4n) is 2.78. The van der Waals surface area contributed by atoms with E-state index in [-0.39, 0.29) is 5.82 Å². The van der Waals surface area contributed by atoms with Crippen LogP contribution in [0.3, 0.4) is 0 Å². The maximum absolute atomic E-state index is 13.8. The van der Waals surface area contributed by atoms with E-state index >= 15 is 0 Å². The quantitative estimate of drug-likeness (QED) is 0.937. The molecule has 2 N–H and O–H groups in total. The summed E-state index contributed by atoms with van der Waals surface area (Å²) in [4.78, 5) is 8.50. The van der Waals surface area contributed by atoms with Crippen LogP contribution in [-0.4, -0.2) is 31.2 Å². The maximum atomic E-state index is 13.8. The van der Waals surface area contributed by atoms with Crippen molar-refractivity contribution in [3.05, 3.63) is 54.1 Å². The van der Waals surface area contributed by atoms with E-state index in [4.69, 9.17) is 5.73 Å². The Morgan fingerprint density at radius 3 is 2.33 bits per heavy atom. The molecule has 0 atom stereocenters. The van der Waals surface area contributed by atoms with Crippen molar-refractivity contribution in [3.63, 3.8) is 0 Å². The number of pyridine rings is 1. The minimum Gasteiger partial charge on any atom is -0.368 e. The Balaban J connectivity index is 1.72. The SMILES string of the molecule is NCc1cnccc1N1CCN(c2ccccc2F)CC1. The van der Waals surface area contributed by atoms with E-state index in [1.807, 2.05) is 24.4 Å². The second kappa shape index (κ2) is 6.10. The van der Waals surface area contributed by atoms with Gasteiger partial charge in [-0.2, -0.15) is 0 Å². The molecule has 0 aliphatic carbocycles. The summed E-state index contributed by atoms with van der Waals surface area (Å²) in [6.07, 6.45) is 3.61. The molecule has 2 heterocycles. The van der Waals surface area contributed by atoms with Crippen LogP contribution >= 0.6 is 0 Å². The summed E-state index contributed by atoms with van der Waals surface area (Å²) < 4.78 is 13.8. The summed E-state index contributed by atoms with van der Waals surface area (Å²) in [5.41, 5.74) is 8.65. The number of hydrogen-bond acceptors (Lipinski definition) is 4. The van der Waals surface area contributed by atoms with Gasteiger partial charge < -0.3 is 15.5 Å². The highest BCUT2D eigenvalue weighted by atomic mass is 19.1. The molecule has 1 aromatic heterocycles. The normalized spacial score (nSPS) is 15.3. The average Bonchev–Trinajstić information content (AvgIpc) is 2.55. The summed E-state index contributed by atoms with van der Waals surface area (Å²) in [5, 5.41) is 0. The summed E-state index contributed by atoms with van der Waals surface area (Å²) in [5.74, 6) is -0.155. The standard InChI is InChI=1S/C16H19FN4/c17-14-3-1-2-4-16(14)21-9-7-20(8-10-21)15-5-6-19-12-13(15)11-18/h1-6,12H,7-11,18H2. The summed E-state index contributed by atoms with van der Waals surface area (Å²) >= 11 is 0. The molecule has 21 heavy (non-hydrogen) atoms. The molecule has 2 aromatic rings. The Morgan fingerprint density at radius 1 is 1.00 bits per heavy atom. The molecule has 4 nitrogen and oxygen atoms in total. The lowest BCUT2D eigenvalue weighted by molar-refractivity contribution is 0.597. The van der Waals surface area contributed by atoms with Gasteiger partial charge in [0.15, 0.2) is 0 Å². The van der Waals surface area contributed by atoms with Crippen LogP contribution in [0.5, 0.6) is 0 Å². The van der Waals surface area contributed by atoms with Crippen LogP contribution in [0.25, 0.3) is 0 Å². The number of halogens is 1. The molecule has 0 saturated carbocycles. The molecule has 3 rings (SSSR count). The van der Waals surface area contributed by atoms with E-state index in [1.54, 1.807) is 12.3 Å². The number of para-hydroxylation sites is 1. The zero-order valence-corrected chi connectivity index (χ0v) is 11.9. The third-order valence-corrected chi connectivity index (χ3v) is 3.91. The zero-order chi connectivity index (χ0) is 14.7. The first-order chi connectivity index (χ1) is 10.3. The van der Waals surface area contributed by atoms with Gasteiger partial charge >= 0.3 is 0 Å². The molecule has 0 amide bonds. The topological polar surface area (TPSA) is 45.4 Å². The first kappa shape index (κ1) is 13.8. The largest absolute Gasteiger partial charge is 0.368 e. The van der Waals surface area contributed by atoms with E-state index in [0.29, 0.717) is 12.2 Å². The van der Waals surface area contributed by atoms with E-state index < -0.39 is 0 Å². The number of piperazine rings is 1. The minimum absolute atomic E-state index is 0.155. The Bertz CT molecular complexity index is 609. The molecule has 1 aliphatic heterocycles. The molecule has 5 heteroatoms. The predicted octanol–water partition coefficient (Wildman–Crippen LogP) is 2.01. The molecule has 1 saturated heterocycles. The first-order valence-corrected chi connectivity index (χ1v) is 7.17. The molecule has 110 valence electrons. The smallest absolute Gasteiger partial charge is 0.146 e. The second-order valence-electron chi connectivity index (χ2n) is 5.13. The van der Waals surface area contributed by atoms with Gasteiger partial charge in [0.05, 0.1) is 5.69 Å². The van der Waals surface area contributed by atoms with Crippen LogP contribution in [-0.2, 0) is 6.54 Å². The molecular formula is C16H19FN4. The molecule has 0 radical (unpaired) electrons. The van der Waals surface area contributed by atoms with Crippen molar-refractivity contribution in [2.45, 2.75) is 6.54 Å². The van der Waals surface area contributed by atoms with Crippen molar-refractivity contribution in [1.29, 1.82) is 0 Å². The first-order valence-electron chi connectivity index (χ1n) is 7.17. The lowest BCUT2D eigenvalue weighted by Crippen LogP contribution is -2.47. The number of nitrogens with zero attached hydrogens (tertiary/aromatic N) is 3. The fraction of sp³-hybridized carbons (Fsp3) is 0.312. The van der Waals surface area contributed by atoms with Gasteiger partial charge in [0.2, 0.25) is 0 Å². The highest BCUT2D eigenvalue weighted by Gasteiger charge is 2.20. The van der Waals surface area contributed by atoms with E-state index in [1.165, 1.54) is 6.07 Å². The number of anilines is 2. The fourth-order valence-corrected chi connectivity index (χ4v) is 2.78. The van der Waals surface area contributed by atoms with Crippen LogP contribution in [0.15, 0.2) is 42.7 Å². The Labute approximate surface area is 124 Å². The van der Waals surface area contributed by atoms with E-state index in [2.05, 4.69) is 14.8 Å². The van der Waals surface area contributed by atoms with Crippen LogP contribution in [0.4, 0.5) is 15.8 Å². The van der Waals surface area contributed by atoms with Crippen LogP contribution < -0.4 is 15.5 Å². The summed E-state index contributed by atoms with van der Waals surface area (Å²) in [6, 6.07) is 8.94. The van der Waals surface area contributed by atoms with Crippen molar-refractivity contribution in [3.8, 4) is 0 Å². The van der Waals surface area contributed by atoms with E-state index in [0.717, 1.165) is 37.4 Å². The Hall–Kier alpha value is -2.14. The van der Waals surface area contributed by atoms with Gasteiger partial charge in [0.25, 0.3) is 0 Å². The summed E-state index contributed by atoms with van der Waals surface area (Å²) in [7, 11) is 0. The van der Waals surface area contributed by atoms with Gasteiger partial charge in [-0.3, -0.25) is 4.98 Å². The molecule has 1 aromatic carbocycles. The molecule has 1 fully saturated rings. The van der Waals surface area contributed by atoms with Crippen molar-refractivity contribution in [2.24, 2.45) is 5.73 Å². The molecule has 0 unspecified atom stereocenters. The lowest BCUT2D eigenvalue weighted by atomic mass is 10.1. The highest BCUT2D eigenvalue weighted by molar-refractivity contribution is 5.55. The van der Waals surface area contributed by atoms with Crippen LogP contribution in [0.1, 0.15) is 5.56 Å². The maximum Gasteiger partial charge on any atom is 0.146 e. The Kier molecular flexibility index (Phi) is 4.01.